The Balaban J connectivity index is 2.66. The minimum atomic E-state index is 1.32. The Hall–Kier alpha value is -0.520. The molecule has 0 nitrogen and oxygen atoms in total. The summed E-state index contributed by atoms with van der Waals surface area (Å²) in [6, 6.07) is 0. The molecule has 1 rings (SSSR count). The van der Waals surface area contributed by atoms with Gasteiger partial charge in [-0.25, -0.2) is 0 Å². The third-order valence-corrected chi connectivity index (χ3v) is 2.07. The summed E-state index contributed by atoms with van der Waals surface area (Å²) in [4.78, 5) is 0. The van der Waals surface area contributed by atoms with Crippen LogP contribution in [0.5, 0.6) is 0 Å². The molecule has 0 radical (unpaired) electrons. The molecular weight excluding hydrogens is 108 g/mol. The third-order valence-electron chi connectivity index (χ3n) is 2.07. The van der Waals surface area contributed by atoms with Crippen molar-refractivity contribution < 1.29 is 0 Å². The van der Waals surface area contributed by atoms with Gasteiger partial charge in [-0.05, 0) is 32.6 Å². The molecule has 50 valence electrons. The van der Waals surface area contributed by atoms with Gasteiger partial charge in [0.25, 0.3) is 0 Å². The van der Waals surface area contributed by atoms with Crippen LogP contribution in [0.2, 0.25) is 0 Å². The number of hydrogen-bond acceptors (Lipinski definition) is 0. The molecular formula is C9H14. The third kappa shape index (κ3) is 1.44. The van der Waals surface area contributed by atoms with Crippen molar-refractivity contribution in [1.82, 2.24) is 0 Å². The molecule has 0 aliphatic heterocycles. The van der Waals surface area contributed by atoms with Gasteiger partial charge in [0.1, 0.15) is 0 Å². The molecule has 0 heterocycles. The molecule has 1 saturated carbocycles. The Morgan fingerprint density at radius 3 is 2.44 bits per heavy atom. The molecule has 0 spiro atoms. The first-order chi connectivity index (χ1) is 4.34. The van der Waals surface area contributed by atoms with E-state index in [9.17, 15) is 0 Å². The second-order valence-corrected chi connectivity index (χ2v) is 2.70. The van der Waals surface area contributed by atoms with Crippen LogP contribution >= 0.6 is 0 Å². The van der Waals surface area contributed by atoms with Crippen molar-refractivity contribution in [1.29, 1.82) is 0 Å². The maximum Gasteiger partial charge on any atom is -0.0314 e. The standard InChI is InChI=1S/C9H14/c1-3-8(2)9-6-4-5-7-9/h3H,1,4-7H2,2H3. The van der Waals surface area contributed by atoms with Gasteiger partial charge in [-0.1, -0.05) is 23.8 Å². The minimum absolute atomic E-state index is 1.32. The first kappa shape index (κ1) is 6.60. The maximum atomic E-state index is 3.75. The van der Waals surface area contributed by atoms with E-state index < -0.39 is 0 Å². The largest absolute Gasteiger partial charge is 0.0988 e. The van der Waals surface area contributed by atoms with Crippen LogP contribution in [0.25, 0.3) is 0 Å². The predicted octanol–water partition coefficient (Wildman–Crippen LogP) is 3.06. The summed E-state index contributed by atoms with van der Waals surface area (Å²) in [6.07, 6.45) is 7.39. The lowest BCUT2D eigenvalue weighted by Crippen LogP contribution is -1.76. The van der Waals surface area contributed by atoms with Crippen molar-refractivity contribution in [2.24, 2.45) is 0 Å². The number of allylic oxidation sites excluding steroid dienone is 3. The Kier molecular flexibility index (Phi) is 2.10. The second-order valence-electron chi connectivity index (χ2n) is 2.70. The molecule has 0 unspecified atom stereocenters. The zero-order valence-corrected chi connectivity index (χ0v) is 6.11. The Bertz CT molecular complexity index is 132. The van der Waals surface area contributed by atoms with E-state index in [1.165, 1.54) is 31.3 Å². The Morgan fingerprint density at radius 1 is 1.44 bits per heavy atom. The summed E-state index contributed by atoms with van der Waals surface area (Å²) in [5.74, 6) is 0. The van der Waals surface area contributed by atoms with Crippen LogP contribution in [0.3, 0.4) is 0 Å². The van der Waals surface area contributed by atoms with Crippen LogP contribution in [0.1, 0.15) is 32.6 Å². The van der Waals surface area contributed by atoms with Crippen molar-refractivity contribution >= 4 is 0 Å². The molecule has 9 heavy (non-hydrogen) atoms. The van der Waals surface area contributed by atoms with Crippen LogP contribution in [0.15, 0.2) is 23.8 Å². The molecule has 0 saturated heterocycles. The first-order valence-electron chi connectivity index (χ1n) is 3.65. The molecule has 1 aliphatic carbocycles. The maximum absolute atomic E-state index is 3.75. The van der Waals surface area contributed by atoms with E-state index >= 15 is 0 Å². The van der Waals surface area contributed by atoms with E-state index in [2.05, 4.69) is 13.5 Å². The zero-order chi connectivity index (χ0) is 6.69. The zero-order valence-electron chi connectivity index (χ0n) is 6.11. The van der Waals surface area contributed by atoms with Crippen molar-refractivity contribution in [3.63, 3.8) is 0 Å². The van der Waals surface area contributed by atoms with Crippen molar-refractivity contribution in [3.05, 3.63) is 23.8 Å². The molecule has 0 bridgehead atoms. The van der Waals surface area contributed by atoms with E-state index in [0.29, 0.717) is 0 Å². The fraction of sp³-hybridized carbons (Fsp3) is 0.556. The summed E-state index contributed by atoms with van der Waals surface area (Å²) in [5, 5.41) is 0. The Morgan fingerprint density at radius 2 is 2.00 bits per heavy atom. The average molecular weight is 122 g/mol. The summed E-state index contributed by atoms with van der Waals surface area (Å²) in [6.45, 7) is 5.91. The first-order valence-corrected chi connectivity index (χ1v) is 3.65. The van der Waals surface area contributed by atoms with Gasteiger partial charge < -0.3 is 0 Å². The lowest BCUT2D eigenvalue weighted by Gasteiger charge is -1.96. The molecule has 0 aromatic heterocycles. The van der Waals surface area contributed by atoms with Gasteiger partial charge in [-0.15, -0.1) is 0 Å². The SMILES string of the molecule is C=CC(C)=C1CCCC1. The minimum Gasteiger partial charge on any atom is -0.0988 e. The van der Waals surface area contributed by atoms with Crippen LogP contribution in [0, 0.1) is 0 Å². The van der Waals surface area contributed by atoms with E-state index in [4.69, 9.17) is 0 Å². The Labute approximate surface area is 57.3 Å². The van der Waals surface area contributed by atoms with Gasteiger partial charge in [0.15, 0.2) is 0 Å². The smallest absolute Gasteiger partial charge is 0.0314 e. The van der Waals surface area contributed by atoms with Crippen molar-refractivity contribution in [2.45, 2.75) is 32.6 Å². The van der Waals surface area contributed by atoms with Crippen molar-refractivity contribution in [2.75, 3.05) is 0 Å². The van der Waals surface area contributed by atoms with Crippen LogP contribution < -0.4 is 0 Å². The monoisotopic (exact) mass is 122 g/mol. The quantitative estimate of drug-likeness (QED) is 0.501. The van der Waals surface area contributed by atoms with Crippen LogP contribution in [-0.2, 0) is 0 Å². The highest BCUT2D eigenvalue weighted by molar-refractivity contribution is 5.23. The van der Waals surface area contributed by atoms with Gasteiger partial charge in [0.05, 0.1) is 0 Å². The fourth-order valence-electron chi connectivity index (χ4n) is 1.34. The summed E-state index contributed by atoms with van der Waals surface area (Å²) < 4.78 is 0. The highest BCUT2D eigenvalue weighted by atomic mass is 14.1. The summed E-state index contributed by atoms with van der Waals surface area (Å²) >= 11 is 0. The normalized spacial score (nSPS) is 18.1. The lowest BCUT2D eigenvalue weighted by atomic mass is 10.1. The van der Waals surface area contributed by atoms with E-state index in [1.807, 2.05) is 6.08 Å². The second kappa shape index (κ2) is 2.86. The van der Waals surface area contributed by atoms with Gasteiger partial charge in [0.2, 0.25) is 0 Å². The fourth-order valence-corrected chi connectivity index (χ4v) is 1.34. The average Bonchev–Trinajstić information content (AvgIpc) is 2.37. The van der Waals surface area contributed by atoms with Crippen LogP contribution in [-0.4, -0.2) is 0 Å². The number of rotatable bonds is 1. The molecule has 0 aromatic rings. The molecule has 0 heteroatoms. The molecule has 0 aromatic carbocycles. The van der Waals surface area contributed by atoms with Crippen molar-refractivity contribution in [3.8, 4) is 0 Å². The molecule has 0 amide bonds. The van der Waals surface area contributed by atoms with Gasteiger partial charge in [-0.2, -0.15) is 0 Å². The molecule has 1 aliphatic rings. The van der Waals surface area contributed by atoms with E-state index in [-0.39, 0.29) is 0 Å². The summed E-state index contributed by atoms with van der Waals surface area (Å²) in [5.41, 5.74) is 3.04. The topological polar surface area (TPSA) is 0 Å². The van der Waals surface area contributed by atoms with Crippen LogP contribution in [0.4, 0.5) is 0 Å². The van der Waals surface area contributed by atoms with Gasteiger partial charge in [0, 0.05) is 0 Å². The molecule has 0 N–H and O–H groups in total. The highest BCUT2D eigenvalue weighted by Gasteiger charge is 2.07. The predicted molar refractivity (Wildman–Crippen MR) is 41.4 cm³/mol. The molecule has 0 atom stereocenters. The van der Waals surface area contributed by atoms with Gasteiger partial charge >= 0.3 is 0 Å². The molecule has 1 fully saturated rings. The van der Waals surface area contributed by atoms with Gasteiger partial charge in [-0.3, -0.25) is 0 Å². The number of hydrogen-bond donors (Lipinski definition) is 0. The highest BCUT2D eigenvalue weighted by Crippen LogP contribution is 2.26. The van der Waals surface area contributed by atoms with E-state index in [0.717, 1.165) is 0 Å². The van der Waals surface area contributed by atoms with E-state index in [1.54, 1.807) is 5.57 Å². The summed E-state index contributed by atoms with van der Waals surface area (Å²) in [7, 11) is 0. The lowest BCUT2D eigenvalue weighted by molar-refractivity contribution is 0.886.